The predicted octanol–water partition coefficient (Wildman–Crippen LogP) is 3.16. The van der Waals surface area contributed by atoms with Crippen LogP contribution in [-0.2, 0) is 13.1 Å². The molecule has 4 heteroatoms. The van der Waals surface area contributed by atoms with E-state index >= 15 is 0 Å². The van der Waals surface area contributed by atoms with Gasteiger partial charge in [-0.25, -0.2) is 4.39 Å². The van der Waals surface area contributed by atoms with Crippen molar-refractivity contribution in [3.63, 3.8) is 0 Å². The standard InChI is InChI=1S/C17H14FN3/c18-16-7-13(10-20)5-14(8-16)11-21-4-3-15-6-12(9-19)1-2-17(15)21/h1-8H,9,11,19H2. The lowest BCUT2D eigenvalue weighted by Gasteiger charge is -2.07. The maximum atomic E-state index is 13.5. The first-order valence-corrected chi connectivity index (χ1v) is 6.67. The van der Waals surface area contributed by atoms with E-state index in [9.17, 15) is 4.39 Å². The van der Waals surface area contributed by atoms with Crippen LogP contribution in [0.3, 0.4) is 0 Å². The van der Waals surface area contributed by atoms with Gasteiger partial charge in [-0.05, 0) is 52.9 Å². The van der Waals surface area contributed by atoms with Gasteiger partial charge in [-0.15, -0.1) is 0 Å². The predicted molar refractivity (Wildman–Crippen MR) is 80.0 cm³/mol. The Labute approximate surface area is 122 Å². The summed E-state index contributed by atoms with van der Waals surface area (Å²) in [6.45, 7) is 1.04. The molecule has 1 heterocycles. The first-order chi connectivity index (χ1) is 10.2. The Morgan fingerprint density at radius 1 is 1.10 bits per heavy atom. The van der Waals surface area contributed by atoms with Crippen molar-refractivity contribution < 1.29 is 4.39 Å². The fraction of sp³-hybridized carbons (Fsp3) is 0.118. The average Bonchev–Trinajstić information content (AvgIpc) is 2.88. The minimum absolute atomic E-state index is 0.340. The molecule has 0 aliphatic heterocycles. The zero-order chi connectivity index (χ0) is 14.8. The summed E-state index contributed by atoms with van der Waals surface area (Å²) in [4.78, 5) is 0. The summed E-state index contributed by atoms with van der Waals surface area (Å²) in [5.74, 6) is -0.383. The van der Waals surface area contributed by atoms with Crippen LogP contribution in [0.4, 0.5) is 4.39 Å². The van der Waals surface area contributed by atoms with E-state index < -0.39 is 0 Å². The zero-order valence-electron chi connectivity index (χ0n) is 11.4. The monoisotopic (exact) mass is 279 g/mol. The molecule has 0 amide bonds. The second-order valence-corrected chi connectivity index (χ2v) is 5.00. The van der Waals surface area contributed by atoms with E-state index in [2.05, 4.69) is 6.07 Å². The van der Waals surface area contributed by atoms with Crippen LogP contribution < -0.4 is 5.73 Å². The van der Waals surface area contributed by atoms with Crippen molar-refractivity contribution in [3.05, 3.63) is 71.2 Å². The number of halogens is 1. The molecule has 104 valence electrons. The lowest BCUT2D eigenvalue weighted by Crippen LogP contribution is -2.00. The maximum Gasteiger partial charge on any atom is 0.124 e. The Morgan fingerprint density at radius 2 is 1.95 bits per heavy atom. The third-order valence-corrected chi connectivity index (χ3v) is 3.51. The van der Waals surface area contributed by atoms with E-state index in [1.807, 2.05) is 35.0 Å². The highest BCUT2D eigenvalue weighted by atomic mass is 19.1. The van der Waals surface area contributed by atoms with Gasteiger partial charge in [0, 0.05) is 24.8 Å². The van der Waals surface area contributed by atoms with Crippen molar-refractivity contribution in [2.75, 3.05) is 0 Å². The molecule has 2 aromatic carbocycles. The molecular formula is C17H14FN3. The molecule has 3 rings (SSSR count). The molecule has 0 saturated carbocycles. The second kappa shape index (κ2) is 5.39. The van der Waals surface area contributed by atoms with E-state index in [0.717, 1.165) is 22.0 Å². The highest BCUT2D eigenvalue weighted by molar-refractivity contribution is 5.81. The molecule has 0 aliphatic carbocycles. The number of nitriles is 1. The van der Waals surface area contributed by atoms with Gasteiger partial charge >= 0.3 is 0 Å². The van der Waals surface area contributed by atoms with E-state index in [-0.39, 0.29) is 5.82 Å². The van der Waals surface area contributed by atoms with Gasteiger partial charge in [0.2, 0.25) is 0 Å². The van der Waals surface area contributed by atoms with Crippen molar-refractivity contribution >= 4 is 10.9 Å². The Balaban J connectivity index is 1.99. The van der Waals surface area contributed by atoms with E-state index in [1.165, 1.54) is 12.1 Å². The van der Waals surface area contributed by atoms with Gasteiger partial charge < -0.3 is 10.3 Å². The quantitative estimate of drug-likeness (QED) is 0.800. The van der Waals surface area contributed by atoms with E-state index in [1.54, 1.807) is 6.07 Å². The summed E-state index contributed by atoms with van der Waals surface area (Å²) in [7, 11) is 0. The summed E-state index contributed by atoms with van der Waals surface area (Å²) in [6, 6.07) is 14.5. The van der Waals surface area contributed by atoms with Crippen molar-refractivity contribution in [1.29, 1.82) is 5.26 Å². The van der Waals surface area contributed by atoms with Crippen LogP contribution in [0.5, 0.6) is 0 Å². The minimum atomic E-state index is -0.383. The van der Waals surface area contributed by atoms with Crippen molar-refractivity contribution in [2.45, 2.75) is 13.1 Å². The molecule has 1 aromatic heterocycles. The Kier molecular flexibility index (Phi) is 3.43. The number of fused-ring (bicyclic) bond motifs is 1. The number of nitrogens with two attached hydrogens (primary N) is 1. The summed E-state index contributed by atoms with van der Waals surface area (Å²) >= 11 is 0. The van der Waals surface area contributed by atoms with Crippen LogP contribution in [0, 0.1) is 17.1 Å². The van der Waals surface area contributed by atoms with E-state index in [4.69, 9.17) is 11.0 Å². The van der Waals surface area contributed by atoms with Crippen LogP contribution in [0.25, 0.3) is 10.9 Å². The molecule has 21 heavy (non-hydrogen) atoms. The van der Waals surface area contributed by atoms with Crippen LogP contribution in [0.1, 0.15) is 16.7 Å². The minimum Gasteiger partial charge on any atom is -0.343 e. The molecule has 0 unspecified atom stereocenters. The van der Waals surface area contributed by atoms with Crippen LogP contribution >= 0.6 is 0 Å². The van der Waals surface area contributed by atoms with Crippen molar-refractivity contribution in [3.8, 4) is 6.07 Å². The number of benzene rings is 2. The molecule has 0 saturated heterocycles. The first-order valence-electron chi connectivity index (χ1n) is 6.67. The molecule has 2 N–H and O–H groups in total. The summed E-state index contributed by atoms with van der Waals surface area (Å²) in [5.41, 5.74) is 8.90. The number of rotatable bonds is 3. The fourth-order valence-corrected chi connectivity index (χ4v) is 2.52. The summed E-state index contributed by atoms with van der Waals surface area (Å²) in [5, 5.41) is 10.0. The highest BCUT2D eigenvalue weighted by Crippen LogP contribution is 2.19. The molecule has 0 atom stereocenters. The van der Waals surface area contributed by atoms with Crippen molar-refractivity contribution in [1.82, 2.24) is 4.57 Å². The van der Waals surface area contributed by atoms with Gasteiger partial charge in [0.25, 0.3) is 0 Å². The van der Waals surface area contributed by atoms with Crippen molar-refractivity contribution in [2.24, 2.45) is 5.73 Å². The van der Waals surface area contributed by atoms with Gasteiger partial charge in [-0.3, -0.25) is 0 Å². The van der Waals surface area contributed by atoms with E-state index in [0.29, 0.717) is 18.7 Å². The SMILES string of the molecule is N#Cc1cc(F)cc(Cn2ccc3cc(CN)ccc32)c1. The van der Waals surface area contributed by atoms with Crippen LogP contribution in [-0.4, -0.2) is 4.57 Å². The molecule has 0 aliphatic rings. The normalized spacial score (nSPS) is 10.7. The Bertz CT molecular complexity index is 843. The molecule has 0 fully saturated rings. The average molecular weight is 279 g/mol. The van der Waals surface area contributed by atoms with Crippen LogP contribution in [0.2, 0.25) is 0 Å². The zero-order valence-corrected chi connectivity index (χ0v) is 11.4. The molecule has 0 bridgehead atoms. The molecule has 0 spiro atoms. The molecule has 3 nitrogen and oxygen atoms in total. The lowest BCUT2D eigenvalue weighted by molar-refractivity contribution is 0.623. The lowest BCUT2D eigenvalue weighted by atomic mass is 10.1. The Hall–Kier alpha value is -2.64. The van der Waals surface area contributed by atoms with Crippen LogP contribution in [0.15, 0.2) is 48.7 Å². The second-order valence-electron chi connectivity index (χ2n) is 5.00. The number of aromatic nitrogens is 1. The number of hydrogen-bond acceptors (Lipinski definition) is 2. The van der Waals surface area contributed by atoms with Gasteiger partial charge in [0.05, 0.1) is 11.6 Å². The highest BCUT2D eigenvalue weighted by Gasteiger charge is 2.05. The Morgan fingerprint density at radius 3 is 2.71 bits per heavy atom. The summed E-state index contributed by atoms with van der Waals surface area (Å²) < 4.78 is 15.5. The van der Waals surface area contributed by atoms with Gasteiger partial charge in [-0.2, -0.15) is 5.26 Å². The first kappa shape index (κ1) is 13.3. The summed E-state index contributed by atoms with van der Waals surface area (Å²) in [6.07, 6.45) is 1.96. The molecular weight excluding hydrogens is 265 g/mol. The third kappa shape index (κ3) is 2.64. The van der Waals surface area contributed by atoms with Gasteiger partial charge in [0.15, 0.2) is 0 Å². The van der Waals surface area contributed by atoms with Gasteiger partial charge in [0.1, 0.15) is 5.82 Å². The fourth-order valence-electron chi connectivity index (χ4n) is 2.52. The maximum absolute atomic E-state index is 13.5. The third-order valence-electron chi connectivity index (χ3n) is 3.51. The molecule has 0 radical (unpaired) electrons. The molecule has 3 aromatic rings. The number of nitrogens with zero attached hydrogens (tertiary/aromatic N) is 2. The van der Waals surface area contributed by atoms with Gasteiger partial charge in [-0.1, -0.05) is 6.07 Å². The smallest absolute Gasteiger partial charge is 0.124 e. The number of hydrogen-bond donors (Lipinski definition) is 1. The largest absolute Gasteiger partial charge is 0.343 e. The topological polar surface area (TPSA) is 54.7 Å².